The molecular formula is C12H19N3. The number of hydrogen-bond donors (Lipinski definition) is 3. The van der Waals surface area contributed by atoms with Gasteiger partial charge in [0.25, 0.3) is 0 Å². The third-order valence-electron chi connectivity index (χ3n) is 3.17. The molecule has 1 heterocycles. The van der Waals surface area contributed by atoms with E-state index in [1.165, 1.54) is 5.56 Å². The third kappa shape index (κ3) is 2.37. The second-order valence-electron chi connectivity index (χ2n) is 4.18. The number of hydrogen-bond acceptors (Lipinski definition) is 3. The lowest BCUT2D eigenvalue weighted by Crippen LogP contribution is -2.39. The summed E-state index contributed by atoms with van der Waals surface area (Å²) in [7, 11) is 0. The average molecular weight is 205 g/mol. The summed E-state index contributed by atoms with van der Waals surface area (Å²) in [6, 6.07) is 11.0. The smallest absolute Gasteiger partial charge is 0.0726 e. The Labute approximate surface area is 91.0 Å². The standard InChI is InChI=1S/C12H19N3/c1-2-11-10(12(13)15-14-11)8-9-6-4-3-5-7-9/h3-7,10-12,14-15H,2,8,13H2,1H3. The van der Waals surface area contributed by atoms with Crippen molar-refractivity contribution in [2.75, 3.05) is 0 Å². The van der Waals surface area contributed by atoms with Crippen LogP contribution in [0.2, 0.25) is 0 Å². The molecule has 15 heavy (non-hydrogen) atoms. The first kappa shape index (κ1) is 10.6. The molecule has 3 atom stereocenters. The number of nitrogens with one attached hydrogen (secondary N) is 2. The lowest BCUT2D eigenvalue weighted by molar-refractivity contribution is 0.404. The van der Waals surface area contributed by atoms with Crippen LogP contribution in [0, 0.1) is 5.92 Å². The second-order valence-corrected chi connectivity index (χ2v) is 4.18. The zero-order valence-electron chi connectivity index (χ0n) is 9.11. The van der Waals surface area contributed by atoms with Crippen molar-refractivity contribution in [1.29, 1.82) is 0 Å². The molecule has 1 aliphatic rings. The Bertz CT molecular complexity index is 299. The van der Waals surface area contributed by atoms with Crippen molar-refractivity contribution >= 4 is 0 Å². The molecule has 3 heteroatoms. The lowest BCUT2D eigenvalue weighted by Gasteiger charge is -2.19. The van der Waals surface area contributed by atoms with Gasteiger partial charge in [0.05, 0.1) is 6.17 Å². The molecule has 0 aromatic heterocycles. The minimum absolute atomic E-state index is 0.0650. The third-order valence-corrected chi connectivity index (χ3v) is 3.17. The Morgan fingerprint density at radius 1 is 1.20 bits per heavy atom. The predicted molar refractivity (Wildman–Crippen MR) is 62.0 cm³/mol. The molecule has 0 saturated carbocycles. The first-order valence-electron chi connectivity index (χ1n) is 5.62. The molecule has 3 unspecified atom stereocenters. The van der Waals surface area contributed by atoms with Gasteiger partial charge in [-0.25, -0.2) is 5.43 Å². The zero-order valence-corrected chi connectivity index (χ0v) is 9.11. The van der Waals surface area contributed by atoms with E-state index >= 15 is 0 Å². The van der Waals surface area contributed by atoms with Crippen molar-refractivity contribution in [1.82, 2.24) is 10.9 Å². The summed E-state index contributed by atoms with van der Waals surface area (Å²) >= 11 is 0. The van der Waals surface area contributed by atoms with Crippen LogP contribution in [0.4, 0.5) is 0 Å². The molecule has 1 aromatic carbocycles. The Hall–Kier alpha value is -0.900. The van der Waals surface area contributed by atoms with Gasteiger partial charge in [0.1, 0.15) is 0 Å². The molecule has 1 aliphatic heterocycles. The quantitative estimate of drug-likeness (QED) is 0.690. The molecule has 82 valence electrons. The normalized spacial score (nSPS) is 30.7. The Morgan fingerprint density at radius 3 is 2.60 bits per heavy atom. The summed E-state index contributed by atoms with van der Waals surface area (Å²) < 4.78 is 0. The number of nitrogens with two attached hydrogens (primary N) is 1. The molecule has 1 aromatic rings. The van der Waals surface area contributed by atoms with Crippen molar-refractivity contribution in [3.63, 3.8) is 0 Å². The monoisotopic (exact) mass is 205 g/mol. The van der Waals surface area contributed by atoms with Gasteiger partial charge in [-0.15, -0.1) is 0 Å². The van der Waals surface area contributed by atoms with E-state index in [2.05, 4.69) is 42.0 Å². The first-order chi connectivity index (χ1) is 7.31. The molecule has 4 N–H and O–H groups in total. The van der Waals surface area contributed by atoms with Gasteiger partial charge >= 0.3 is 0 Å². The van der Waals surface area contributed by atoms with Crippen molar-refractivity contribution in [2.24, 2.45) is 11.7 Å². The maximum Gasteiger partial charge on any atom is 0.0726 e. The van der Waals surface area contributed by atoms with Crippen LogP contribution in [0.15, 0.2) is 30.3 Å². The molecule has 0 radical (unpaired) electrons. The van der Waals surface area contributed by atoms with Gasteiger partial charge in [0.15, 0.2) is 0 Å². The molecule has 0 spiro atoms. The molecule has 3 nitrogen and oxygen atoms in total. The van der Waals surface area contributed by atoms with Crippen LogP contribution in [0.1, 0.15) is 18.9 Å². The second kappa shape index (κ2) is 4.75. The van der Waals surface area contributed by atoms with E-state index in [0.29, 0.717) is 12.0 Å². The fraction of sp³-hybridized carbons (Fsp3) is 0.500. The van der Waals surface area contributed by atoms with E-state index in [1.54, 1.807) is 0 Å². The van der Waals surface area contributed by atoms with E-state index < -0.39 is 0 Å². The van der Waals surface area contributed by atoms with Gasteiger partial charge in [0, 0.05) is 12.0 Å². The molecule has 2 rings (SSSR count). The topological polar surface area (TPSA) is 50.1 Å². The highest BCUT2D eigenvalue weighted by Crippen LogP contribution is 2.19. The summed E-state index contributed by atoms with van der Waals surface area (Å²) in [6.45, 7) is 2.19. The van der Waals surface area contributed by atoms with Crippen LogP contribution in [0.3, 0.4) is 0 Å². The number of benzene rings is 1. The van der Waals surface area contributed by atoms with Crippen LogP contribution < -0.4 is 16.6 Å². The molecular weight excluding hydrogens is 186 g/mol. The molecule has 0 amide bonds. The van der Waals surface area contributed by atoms with Gasteiger partial charge in [-0.1, -0.05) is 37.3 Å². The summed E-state index contributed by atoms with van der Waals surface area (Å²) in [5.74, 6) is 0.484. The van der Waals surface area contributed by atoms with Gasteiger partial charge in [-0.05, 0) is 18.4 Å². The van der Waals surface area contributed by atoms with E-state index in [9.17, 15) is 0 Å². The van der Waals surface area contributed by atoms with Crippen LogP contribution >= 0.6 is 0 Å². The van der Waals surface area contributed by atoms with Gasteiger partial charge < -0.3 is 5.73 Å². The SMILES string of the molecule is CCC1NNC(N)C1Cc1ccccc1. The average Bonchev–Trinajstić information content (AvgIpc) is 2.62. The van der Waals surface area contributed by atoms with Crippen LogP contribution in [-0.4, -0.2) is 12.2 Å². The van der Waals surface area contributed by atoms with Crippen molar-refractivity contribution in [3.05, 3.63) is 35.9 Å². The van der Waals surface area contributed by atoms with Gasteiger partial charge in [0.2, 0.25) is 0 Å². The highest BCUT2D eigenvalue weighted by molar-refractivity contribution is 5.16. The van der Waals surface area contributed by atoms with Crippen LogP contribution in [0.25, 0.3) is 0 Å². The molecule has 0 aliphatic carbocycles. The van der Waals surface area contributed by atoms with Crippen molar-refractivity contribution in [3.8, 4) is 0 Å². The fourth-order valence-electron chi connectivity index (χ4n) is 2.23. The molecule has 0 bridgehead atoms. The fourth-order valence-corrected chi connectivity index (χ4v) is 2.23. The summed E-state index contributed by atoms with van der Waals surface area (Å²) in [5, 5.41) is 0. The maximum atomic E-state index is 6.02. The van der Waals surface area contributed by atoms with Gasteiger partial charge in [-0.3, -0.25) is 5.43 Å². The van der Waals surface area contributed by atoms with E-state index in [1.807, 2.05) is 6.07 Å². The van der Waals surface area contributed by atoms with Crippen LogP contribution in [-0.2, 0) is 6.42 Å². The highest BCUT2D eigenvalue weighted by atomic mass is 15.4. The van der Waals surface area contributed by atoms with E-state index in [4.69, 9.17) is 5.73 Å². The maximum absolute atomic E-state index is 6.02. The summed E-state index contributed by atoms with van der Waals surface area (Å²) in [6.07, 6.45) is 2.22. The molecule has 1 saturated heterocycles. The first-order valence-corrected chi connectivity index (χ1v) is 5.62. The van der Waals surface area contributed by atoms with Crippen LogP contribution in [0.5, 0.6) is 0 Å². The van der Waals surface area contributed by atoms with E-state index in [-0.39, 0.29) is 6.17 Å². The lowest BCUT2D eigenvalue weighted by atomic mass is 9.90. The minimum Gasteiger partial charge on any atom is -0.315 e. The summed E-state index contributed by atoms with van der Waals surface area (Å²) in [5.41, 5.74) is 13.8. The Kier molecular flexibility index (Phi) is 3.36. The van der Waals surface area contributed by atoms with Crippen molar-refractivity contribution < 1.29 is 0 Å². The van der Waals surface area contributed by atoms with Crippen molar-refractivity contribution in [2.45, 2.75) is 32.0 Å². The Balaban J connectivity index is 2.04. The minimum atomic E-state index is 0.0650. The number of rotatable bonds is 3. The Morgan fingerprint density at radius 2 is 1.93 bits per heavy atom. The van der Waals surface area contributed by atoms with Gasteiger partial charge in [-0.2, -0.15) is 0 Å². The number of hydrazine groups is 1. The highest BCUT2D eigenvalue weighted by Gasteiger charge is 2.31. The molecule has 1 fully saturated rings. The van der Waals surface area contributed by atoms with E-state index in [0.717, 1.165) is 12.8 Å². The zero-order chi connectivity index (χ0) is 10.7. The largest absolute Gasteiger partial charge is 0.315 e. The predicted octanol–water partition coefficient (Wildman–Crippen LogP) is 1.02. The summed E-state index contributed by atoms with van der Waals surface area (Å²) in [4.78, 5) is 0.